The molecule has 1 aromatic heterocycles. The molecule has 1 aliphatic rings. The first-order chi connectivity index (χ1) is 11.2. The lowest BCUT2D eigenvalue weighted by Gasteiger charge is -2.21. The van der Waals surface area contributed by atoms with Crippen LogP contribution in [-0.4, -0.2) is 22.7 Å². The Morgan fingerprint density at radius 1 is 1.22 bits per heavy atom. The van der Waals surface area contributed by atoms with E-state index in [2.05, 4.69) is 21.9 Å². The molecule has 2 N–H and O–H groups in total. The van der Waals surface area contributed by atoms with Crippen LogP contribution in [0.15, 0.2) is 30.5 Å². The zero-order chi connectivity index (χ0) is 16.2. The standard InChI is InChI=1S/C18H24N4O/c1-13-12-22(14-8-4-3-5-9-14)21-17(13)20-18(23)15-10-6-7-11-16(15)19-2/h6-7,10-12,14,19H,3-5,8-9H2,1-2H3,(H,20,21,23). The van der Waals surface area contributed by atoms with E-state index in [4.69, 9.17) is 0 Å². The SMILES string of the molecule is CNc1ccccc1C(=O)Nc1nn(C2CCCCC2)cc1C. The molecule has 0 aliphatic heterocycles. The molecule has 0 bridgehead atoms. The van der Waals surface area contributed by atoms with Crippen LogP contribution in [0.5, 0.6) is 0 Å². The van der Waals surface area contributed by atoms with Gasteiger partial charge in [0.2, 0.25) is 0 Å². The van der Waals surface area contributed by atoms with E-state index in [-0.39, 0.29) is 5.91 Å². The van der Waals surface area contributed by atoms with Gasteiger partial charge in [-0.05, 0) is 31.9 Å². The van der Waals surface area contributed by atoms with E-state index in [0.29, 0.717) is 17.4 Å². The van der Waals surface area contributed by atoms with Crippen LogP contribution in [0, 0.1) is 6.92 Å². The highest BCUT2D eigenvalue weighted by Gasteiger charge is 2.19. The Balaban J connectivity index is 1.77. The zero-order valence-corrected chi connectivity index (χ0v) is 13.8. The van der Waals surface area contributed by atoms with Crippen molar-refractivity contribution in [2.75, 3.05) is 17.7 Å². The van der Waals surface area contributed by atoms with Crippen LogP contribution in [0.4, 0.5) is 11.5 Å². The van der Waals surface area contributed by atoms with Crippen molar-refractivity contribution >= 4 is 17.4 Å². The fraction of sp³-hybridized carbons (Fsp3) is 0.444. The van der Waals surface area contributed by atoms with Crippen molar-refractivity contribution in [1.82, 2.24) is 9.78 Å². The first-order valence-electron chi connectivity index (χ1n) is 8.33. The van der Waals surface area contributed by atoms with Crippen LogP contribution in [0.2, 0.25) is 0 Å². The van der Waals surface area contributed by atoms with Crippen LogP contribution in [0.1, 0.15) is 54.1 Å². The van der Waals surface area contributed by atoms with E-state index < -0.39 is 0 Å². The smallest absolute Gasteiger partial charge is 0.258 e. The van der Waals surface area contributed by atoms with E-state index in [9.17, 15) is 4.79 Å². The van der Waals surface area contributed by atoms with E-state index in [1.54, 1.807) is 0 Å². The number of nitrogens with zero attached hydrogens (tertiary/aromatic N) is 2. The second-order valence-electron chi connectivity index (χ2n) is 6.18. The second-order valence-corrected chi connectivity index (χ2v) is 6.18. The number of para-hydroxylation sites is 1. The molecule has 2 aromatic rings. The molecule has 0 unspecified atom stereocenters. The predicted octanol–water partition coefficient (Wildman–Crippen LogP) is 3.99. The molecule has 5 nitrogen and oxygen atoms in total. The van der Waals surface area contributed by atoms with E-state index in [1.807, 2.05) is 42.9 Å². The number of nitrogens with one attached hydrogen (secondary N) is 2. The summed E-state index contributed by atoms with van der Waals surface area (Å²) in [7, 11) is 1.81. The molecule has 3 rings (SSSR count). The normalized spacial score (nSPS) is 15.4. The summed E-state index contributed by atoms with van der Waals surface area (Å²) in [6, 6.07) is 7.95. The van der Waals surface area contributed by atoms with Gasteiger partial charge in [-0.3, -0.25) is 9.48 Å². The lowest BCUT2D eigenvalue weighted by molar-refractivity contribution is 0.102. The number of hydrogen-bond donors (Lipinski definition) is 2. The lowest BCUT2D eigenvalue weighted by Crippen LogP contribution is -2.16. The number of anilines is 2. The highest BCUT2D eigenvalue weighted by molar-refractivity contribution is 6.07. The van der Waals surface area contributed by atoms with Crippen molar-refractivity contribution in [2.45, 2.75) is 45.1 Å². The van der Waals surface area contributed by atoms with E-state index >= 15 is 0 Å². The predicted molar refractivity (Wildman–Crippen MR) is 93.0 cm³/mol. The van der Waals surface area contributed by atoms with Gasteiger partial charge in [0.15, 0.2) is 5.82 Å². The molecule has 1 saturated carbocycles. The molecular formula is C18H24N4O. The van der Waals surface area contributed by atoms with E-state index in [1.165, 1.54) is 32.1 Å². The summed E-state index contributed by atoms with van der Waals surface area (Å²) in [5.74, 6) is 0.526. The first kappa shape index (κ1) is 15.6. The Kier molecular flexibility index (Phi) is 4.65. The zero-order valence-electron chi connectivity index (χ0n) is 13.8. The maximum absolute atomic E-state index is 12.5. The van der Waals surface area contributed by atoms with Gasteiger partial charge in [-0.15, -0.1) is 0 Å². The fourth-order valence-corrected chi connectivity index (χ4v) is 3.21. The molecule has 23 heavy (non-hydrogen) atoms. The largest absolute Gasteiger partial charge is 0.387 e. The van der Waals surface area contributed by atoms with Crippen molar-refractivity contribution in [3.8, 4) is 0 Å². The number of aryl methyl sites for hydroxylation is 1. The third-order valence-corrected chi connectivity index (χ3v) is 4.54. The molecule has 1 aliphatic carbocycles. The summed E-state index contributed by atoms with van der Waals surface area (Å²) < 4.78 is 2.04. The van der Waals surface area contributed by atoms with Crippen molar-refractivity contribution in [3.63, 3.8) is 0 Å². The number of hydrogen-bond acceptors (Lipinski definition) is 3. The molecule has 0 saturated heterocycles. The number of carbonyl (C=O) groups excluding carboxylic acids is 1. The summed E-state index contributed by atoms with van der Waals surface area (Å²) in [6.07, 6.45) is 8.26. The number of amides is 1. The molecule has 1 fully saturated rings. The minimum atomic E-state index is -0.132. The topological polar surface area (TPSA) is 59.0 Å². The lowest BCUT2D eigenvalue weighted by atomic mass is 9.96. The monoisotopic (exact) mass is 312 g/mol. The van der Waals surface area contributed by atoms with Gasteiger partial charge >= 0.3 is 0 Å². The molecule has 5 heteroatoms. The first-order valence-corrected chi connectivity index (χ1v) is 8.33. The number of rotatable bonds is 4. The summed E-state index contributed by atoms with van der Waals surface area (Å²) >= 11 is 0. The van der Waals surface area contributed by atoms with E-state index in [0.717, 1.165) is 11.3 Å². The van der Waals surface area contributed by atoms with Crippen molar-refractivity contribution in [2.24, 2.45) is 0 Å². The molecular weight excluding hydrogens is 288 g/mol. The second kappa shape index (κ2) is 6.86. The van der Waals surface area contributed by atoms with Gasteiger partial charge in [-0.25, -0.2) is 0 Å². The third-order valence-electron chi connectivity index (χ3n) is 4.54. The van der Waals surface area contributed by atoms with Crippen LogP contribution in [-0.2, 0) is 0 Å². The molecule has 1 heterocycles. The van der Waals surface area contributed by atoms with Crippen LogP contribution < -0.4 is 10.6 Å². The Bertz CT molecular complexity index is 686. The number of benzene rings is 1. The van der Waals surface area contributed by atoms with Gasteiger partial charge in [0.25, 0.3) is 5.91 Å². The van der Waals surface area contributed by atoms with Crippen molar-refractivity contribution in [1.29, 1.82) is 0 Å². The quantitative estimate of drug-likeness (QED) is 0.897. The number of aromatic nitrogens is 2. The Morgan fingerprint density at radius 3 is 2.70 bits per heavy atom. The Labute approximate surface area is 137 Å². The minimum Gasteiger partial charge on any atom is -0.387 e. The number of carbonyl (C=O) groups is 1. The molecule has 0 spiro atoms. The van der Waals surface area contributed by atoms with Gasteiger partial charge in [-0.1, -0.05) is 31.4 Å². The minimum absolute atomic E-state index is 0.132. The summed E-state index contributed by atoms with van der Waals surface area (Å²) in [5.41, 5.74) is 2.45. The summed E-state index contributed by atoms with van der Waals surface area (Å²) in [4.78, 5) is 12.5. The molecule has 0 radical (unpaired) electrons. The Morgan fingerprint density at radius 2 is 1.96 bits per heavy atom. The van der Waals surface area contributed by atoms with Gasteiger partial charge in [0, 0.05) is 24.5 Å². The summed E-state index contributed by atoms with van der Waals surface area (Å²) in [6.45, 7) is 1.99. The highest BCUT2D eigenvalue weighted by atomic mass is 16.1. The fourth-order valence-electron chi connectivity index (χ4n) is 3.21. The highest BCUT2D eigenvalue weighted by Crippen LogP contribution is 2.29. The maximum atomic E-state index is 12.5. The maximum Gasteiger partial charge on any atom is 0.258 e. The average molecular weight is 312 g/mol. The van der Waals surface area contributed by atoms with Gasteiger partial charge in [0.1, 0.15) is 0 Å². The van der Waals surface area contributed by atoms with Crippen molar-refractivity contribution in [3.05, 3.63) is 41.6 Å². The average Bonchev–Trinajstić information content (AvgIpc) is 2.96. The third kappa shape index (κ3) is 3.38. The molecule has 122 valence electrons. The van der Waals surface area contributed by atoms with Gasteiger partial charge in [-0.2, -0.15) is 5.10 Å². The van der Waals surface area contributed by atoms with Gasteiger partial charge < -0.3 is 10.6 Å². The Hall–Kier alpha value is -2.30. The van der Waals surface area contributed by atoms with Crippen molar-refractivity contribution < 1.29 is 4.79 Å². The molecule has 0 atom stereocenters. The van der Waals surface area contributed by atoms with Crippen LogP contribution in [0.25, 0.3) is 0 Å². The van der Waals surface area contributed by atoms with Crippen LogP contribution >= 0.6 is 0 Å². The molecule has 1 aromatic carbocycles. The molecule has 1 amide bonds. The summed E-state index contributed by atoms with van der Waals surface area (Å²) in [5, 5.41) is 10.6. The van der Waals surface area contributed by atoms with Gasteiger partial charge in [0.05, 0.1) is 11.6 Å². The van der Waals surface area contributed by atoms with Crippen LogP contribution in [0.3, 0.4) is 0 Å².